The van der Waals surface area contributed by atoms with E-state index < -0.39 is 45.6 Å². The number of carbonyl (C=O) groups excluding carboxylic acids is 3. The van der Waals surface area contributed by atoms with Crippen LogP contribution in [0, 0.1) is 11.6 Å². The van der Waals surface area contributed by atoms with Crippen LogP contribution < -0.4 is 15.4 Å². The molecule has 0 saturated carbocycles. The Morgan fingerprint density at radius 1 is 1.11 bits per heavy atom. The number of ether oxygens (including phenoxy) is 2. The lowest BCUT2D eigenvalue weighted by Crippen LogP contribution is -2.49. The lowest BCUT2D eigenvalue weighted by molar-refractivity contribution is -0.142. The van der Waals surface area contributed by atoms with Gasteiger partial charge in [-0.15, -0.1) is 0 Å². The SMILES string of the molecule is CCOC(=O)CCNC(=O)N1CCc2cc(OC)ccc2C1C(=O)Nc1cc(F)c(S(C)(C)C)c(F)c1. The third-order valence-electron chi connectivity index (χ3n) is 5.88. The van der Waals surface area contributed by atoms with Crippen molar-refractivity contribution in [3.63, 3.8) is 0 Å². The van der Waals surface area contributed by atoms with Crippen LogP contribution in [0.15, 0.2) is 35.2 Å². The van der Waals surface area contributed by atoms with Crippen LogP contribution in [0.5, 0.6) is 5.75 Å². The summed E-state index contributed by atoms with van der Waals surface area (Å²) < 4.78 is 39.7. The van der Waals surface area contributed by atoms with Crippen LogP contribution in [-0.2, 0) is 20.7 Å². The van der Waals surface area contributed by atoms with E-state index >= 15 is 0 Å². The predicted molar refractivity (Wildman–Crippen MR) is 139 cm³/mol. The standard InChI is InChI=1S/C26H33F2N3O5S/c1-6-36-22(32)9-11-29-26(34)31-12-10-16-13-18(35-2)7-8-19(16)23(31)25(33)30-17-14-20(27)24(21(28)15-17)37(3,4)5/h7-8,13-15,23H,6,9-12H2,1-5H3,(H,29,34)(H,30,33). The number of benzene rings is 2. The molecule has 8 nitrogen and oxygen atoms in total. The van der Waals surface area contributed by atoms with E-state index in [1.54, 1.807) is 43.9 Å². The second-order valence-corrected chi connectivity index (χ2v) is 13.4. The molecule has 1 atom stereocenters. The van der Waals surface area contributed by atoms with Crippen LogP contribution in [0.4, 0.5) is 19.3 Å². The number of esters is 1. The Hall–Kier alpha value is -3.34. The number of nitrogens with one attached hydrogen (secondary N) is 2. The summed E-state index contributed by atoms with van der Waals surface area (Å²) in [7, 11) is -0.152. The van der Waals surface area contributed by atoms with Gasteiger partial charge in [0, 0.05) is 18.8 Å². The molecule has 3 rings (SSSR count). The van der Waals surface area contributed by atoms with Crippen LogP contribution in [0.2, 0.25) is 0 Å². The third kappa shape index (κ3) is 6.71. The van der Waals surface area contributed by atoms with Gasteiger partial charge in [-0.3, -0.25) is 9.59 Å². The molecule has 1 heterocycles. The van der Waals surface area contributed by atoms with Crippen LogP contribution in [0.1, 0.15) is 30.5 Å². The van der Waals surface area contributed by atoms with Crippen molar-refractivity contribution < 1.29 is 32.6 Å². The van der Waals surface area contributed by atoms with Gasteiger partial charge in [0.2, 0.25) is 0 Å². The van der Waals surface area contributed by atoms with Crippen molar-refractivity contribution in [2.24, 2.45) is 0 Å². The van der Waals surface area contributed by atoms with E-state index in [-0.39, 0.29) is 36.7 Å². The van der Waals surface area contributed by atoms with Crippen LogP contribution in [0.25, 0.3) is 0 Å². The summed E-state index contributed by atoms with van der Waals surface area (Å²) in [4.78, 5) is 39.5. The number of anilines is 1. The Balaban J connectivity index is 1.88. The van der Waals surface area contributed by atoms with Gasteiger partial charge in [-0.25, -0.2) is 23.6 Å². The summed E-state index contributed by atoms with van der Waals surface area (Å²) in [6, 6.07) is 5.75. The fraction of sp³-hybridized carbons (Fsp3) is 0.423. The first-order valence-corrected chi connectivity index (χ1v) is 14.7. The maximum Gasteiger partial charge on any atom is 0.318 e. The number of rotatable bonds is 8. The van der Waals surface area contributed by atoms with Gasteiger partial charge in [0.15, 0.2) is 0 Å². The molecule has 0 radical (unpaired) electrons. The molecule has 2 aromatic rings. The zero-order valence-electron chi connectivity index (χ0n) is 21.7. The van der Waals surface area contributed by atoms with Crippen LogP contribution in [0.3, 0.4) is 0 Å². The third-order valence-corrected chi connectivity index (χ3v) is 7.49. The number of amides is 3. The molecular weight excluding hydrogens is 504 g/mol. The highest BCUT2D eigenvalue weighted by molar-refractivity contribution is 8.32. The molecule has 3 amide bonds. The second-order valence-electron chi connectivity index (χ2n) is 9.29. The number of urea groups is 1. The summed E-state index contributed by atoms with van der Waals surface area (Å²) in [5.74, 6) is -1.94. The number of hydrogen-bond donors (Lipinski definition) is 2. The lowest BCUT2D eigenvalue weighted by Gasteiger charge is -2.36. The summed E-state index contributed by atoms with van der Waals surface area (Å²) >= 11 is 0. The summed E-state index contributed by atoms with van der Waals surface area (Å²) in [5.41, 5.74) is 1.34. The maximum atomic E-state index is 14.8. The Morgan fingerprint density at radius 3 is 2.38 bits per heavy atom. The van der Waals surface area contributed by atoms with Crippen molar-refractivity contribution in [3.05, 3.63) is 53.1 Å². The van der Waals surface area contributed by atoms with Crippen molar-refractivity contribution in [1.29, 1.82) is 0 Å². The number of nitrogens with zero attached hydrogens (tertiary/aromatic N) is 1. The Labute approximate surface area is 217 Å². The topological polar surface area (TPSA) is 97.0 Å². The first-order valence-electron chi connectivity index (χ1n) is 11.8. The quantitative estimate of drug-likeness (QED) is 0.492. The van der Waals surface area contributed by atoms with Gasteiger partial charge in [-0.05, 0) is 67.5 Å². The average Bonchev–Trinajstić information content (AvgIpc) is 2.81. The minimum absolute atomic E-state index is 0.00297. The molecule has 0 aromatic heterocycles. The normalized spacial score (nSPS) is 15.4. The van der Waals surface area contributed by atoms with Gasteiger partial charge in [0.1, 0.15) is 23.4 Å². The second kappa shape index (κ2) is 11.8. The lowest BCUT2D eigenvalue weighted by atomic mass is 9.91. The number of halogens is 2. The molecule has 1 aliphatic heterocycles. The molecule has 2 aromatic carbocycles. The largest absolute Gasteiger partial charge is 0.497 e. The van der Waals surface area contributed by atoms with Crippen molar-refractivity contribution >= 4 is 33.6 Å². The van der Waals surface area contributed by atoms with E-state index in [4.69, 9.17) is 9.47 Å². The minimum Gasteiger partial charge on any atom is -0.497 e. The molecule has 11 heteroatoms. The molecule has 202 valence electrons. The summed E-state index contributed by atoms with van der Waals surface area (Å²) in [6.07, 6.45) is 5.78. The highest BCUT2D eigenvalue weighted by Gasteiger charge is 2.36. The molecule has 37 heavy (non-hydrogen) atoms. The van der Waals surface area contributed by atoms with E-state index in [1.807, 2.05) is 0 Å². The van der Waals surface area contributed by atoms with Crippen molar-refractivity contribution in [1.82, 2.24) is 10.2 Å². The number of fused-ring (bicyclic) bond motifs is 1. The van der Waals surface area contributed by atoms with Crippen LogP contribution >= 0.6 is 10.0 Å². The fourth-order valence-electron chi connectivity index (χ4n) is 4.27. The predicted octanol–water partition coefficient (Wildman–Crippen LogP) is 4.23. The molecule has 0 spiro atoms. The van der Waals surface area contributed by atoms with E-state index in [0.717, 1.165) is 17.7 Å². The number of methoxy groups -OCH3 is 1. The highest BCUT2D eigenvalue weighted by Crippen LogP contribution is 2.48. The van der Waals surface area contributed by atoms with Gasteiger partial charge < -0.3 is 25.0 Å². The average molecular weight is 538 g/mol. The number of carbonyl (C=O) groups is 3. The molecule has 0 saturated heterocycles. The fourth-order valence-corrected chi connectivity index (χ4v) is 5.55. The molecule has 0 aliphatic carbocycles. The van der Waals surface area contributed by atoms with Gasteiger partial charge in [-0.2, -0.15) is 0 Å². The monoisotopic (exact) mass is 537 g/mol. The molecule has 1 unspecified atom stereocenters. The molecule has 0 bridgehead atoms. The van der Waals surface area contributed by atoms with Gasteiger partial charge in [0.05, 0.1) is 25.0 Å². The Kier molecular flexibility index (Phi) is 9.01. The Bertz CT molecular complexity index is 1160. The van der Waals surface area contributed by atoms with Crippen molar-refractivity contribution in [3.8, 4) is 5.75 Å². The maximum absolute atomic E-state index is 14.8. The molecule has 2 N–H and O–H groups in total. The van der Waals surface area contributed by atoms with Crippen molar-refractivity contribution in [2.75, 3.05) is 50.9 Å². The van der Waals surface area contributed by atoms with E-state index in [1.165, 1.54) is 12.0 Å². The Morgan fingerprint density at radius 2 is 1.78 bits per heavy atom. The smallest absolute Gasteiger partial charge is 0.318 e. The minimum atomic E-state index is -1.68. The first-order chi connectivity index (χ1) is 17.5. The molecular formula is C26H33F2N3O5S. The number of hydrogen-bond acceptors (Lipinski definition) is 5. The van der Waals surface area contributed by atoms with Gasteiger partial charge in [-0.1, -0.05) is 6.07 Å². The van der Waals surface area contributed by atoms with Gasteiger partial charge in [0.25, 0.3) is 5.91 Å². The summed E-state index contributed by atoms with van der Waals surface area (Å²) in [5, 5.41) is 5.23. The first kappa shape index (κ1) is 28.2. The molecule has 1 aliphatic rings. The summed E-state index contributed by atoms with van der Waals surface area (Å²) in [6.45, 7) is 2.17. The van der Waals surface area contributed by atoms with Gasteiger partial charge >= 0.3 is 12.0 Å². The van der Waals surface area contributed by atoms with Crippen LogP contribution in [-0.4, -0.2) is 68.4 Å². The zero-order chi connectivity index (χ0) is 27.3. The van der Waals surface area contributed by atoms with E-state index in [0.29, 0.717) is 17.7 Å². The highest BCUT2D eigenvalue weighted by atomic mass is 32.3. The molecule has 0 fully saturated rings. The van der Waals surface area contributed by atoms with Crippen molar-refractivity contribution in [2.45, 2.75) is 30.7 Å². The van der Waals surface area contributed by atoms with E-state index in [2.05, 4.69) is 10.6 Å². The van der Waals surface area contributed by atoms with E-state index in [9.17, 15) is 23.2 Å². The zero-order valence-corrected chi connectivity index (χ0v) is 22.5.